The predicted octanol–water partition coefficient (Wildman–Crippen LogP) is 7.85. The van der Waals surface area contributed by atoms with Gasteiger partial charge in [-0.2, -0.15) is 0 Å². The van der Waals surface area contributed by atoms with Crippen molar-refractivity contribution in [3.05, 3.63) is 58.9 Å². The van der Waals surface area contributed by atoms with Crippen LogP contribution >= 0.6 is 81.2 Å². The van der Waals surface area contributed by atoms with Gasteiger partial charge in [0.25, 0.3) is 5.91 Å². The minimum atomic E-state index is -0.355. The van der Waals surface area contributed by atoms with E-state index < -0.39 is 0 Å². The van der Waals surface area contributed by atoms with Gasteiger partial charge in [0.05, 0.1) is 21.2 Å². The monoisotopic (exact) mass is 563 g/mol. The Bertz CT molecular complexity index is 951. The summed E-state index contributed by atoms with van der Waals surface area (Å²) in [5.41, 5.74) is 0.742. The summed E-state index contributed by atoms with van der Waals surface area (Å²) in [6.45, 7) is 0.940. The first-order chi connectivity index (χ1) is 14.7. The van der Waals surface area contributed by atoms with Gasteiger partial charge in [-0.25, -0.2) is 0 Å². The van der Waals surface area contributed by atoms with E-state index in [9.17, 15) is 4.79 Å². The predicted molar refractivity (Wildman–Crippen MR) is 128 cm³/mol. The maximum Gasteiger partial charge on any atom is 0.260 e. The van der Waals surface area contributed by atoms with Gasteiger partial charge < -0.3 is 14.4 Å². The lowest BCUT2D eigenvalue weighted by Gasteiger charge is -2.26. The zero-order valence-corrected chi connectivity index (χ0v) is 21.2. The standard InChI is InChI=1S/C20H16Cl7NO3/c21-11-4-3-10(13(22)6-11)7-28(8-12-2-1-5-30-12)14(29)9-31-20-18(26)16(24)15(23)17(25)19(20)27/h3-4,6,12H,1-2,5,7-9H2. The molecule has 0 spiro atoms. The maximum atomic E-state index is 13.0. The molecule has 1 fully saturated rings. The second-order valence-electron chi connectivity index (χ2n) is 6.83. The molecule has 1 amide bonds. The number of nitrogens with zero attached hydrogens (tertiary/aromatic N) is 1. The summed E-state index contributed by atoms with van der Waals surface area (Å²) in [6.07, 6.45) is 1.73. The van der Waals surface area contributed by atoms with Crippen molar-refractivity contribution >= 4 is 87.1 Å². The molecule has 0 aliphatic carbocycles. The number of hydrogen-bond acceptors (Lipinski definition) is 3. The fourth-order valence-corrected chi connectivity index (χ4v) is 4.78. The summed E-state index contributed by atoms with van der Waals surface area (Å²) in [5, 5.41) is 0.902. The third-order valence-corrected chi connectivity index (χ3v) is 7.52. The van der Waals surface area contributed by atoms with Crippen LogP contribution in [-0.2, 0) is 16.1 Å². The Balaban J connectivity index is 1.78. The molecule has 168 valence electrons. The van der Waals surface area contributed by atoms with Crippen LogP contribution in [0.1, 0.15) is 18.4 Å². The van der Waals surface area contributed by atoms with Crippen molar-refractivity contribution in [3.63, 3.8) is 0 Å². The summed E-state index contributed by atoms with van der Waals surface area (Å²) in [7, 11) is 0. The van der Waals surface area contributed by atoms with Gasteiger partial charge >= 0.3 is 0 Å². The van der Waals surface area contributed by atoms with E-state index in [2.05, 4.69) is 0 Å². The van der Waals surface area contributed by atoms with Crippen molar-refractivity contribution in [2.45, 2.75) is 25.5 Å². The molecule has 0 aromatic heterocycles. The molecule has 1 aliphatic rings. The van der Waals surface area contributed by atoms with Crippen molar-refractivity contribution in [3.8, 4) is 5.75 Å². The third-order valence-electron chi connectivity index (χ3n) is 4.69. The zero-order chi connectivity index (χ0) is 22.7. The van der Waals surface area contributed by atoms with Crippen LogP contribution in [0.4, 0.5) is 0 Å². The smallest absolute Gasteiger partial charge is 0.260 e. The molecule has 1 saturated heterocycles. The first-order valence-electron chi connectivity index (χ1n) is 9.16. The highest BCUT2D eigenvalue weighted by atomic mass is 35.5. The molecule has 0 radical (unpaired) electrons. The van der Waals surface area contributed by atoms with E-state index in [1.807, 2.05) is 0 Å². The highest BCUT2D eigenvalue weighted by Crippen LogP contribution is 2.48. The molecule has 4 nitrogen and oxygen atoms in total. The molecule has 1 atom stereocenters. The second kappa shape index (κ2) is 11.2. The highest BCUT2D eigenvalue weighted by molar-refractivity contribution is 6.55. The van der Waals surface area contributed by atoms with E-state index in [1.54, 1.807) is 23.1 Å². The van der Waals surface area contributed by atoms with Crippen molar-refractivity contribution in [2.75, 3.05) is 19.8 Å². The number of rotatable bonds is 7. The van der Waals surface area contributed by atoms with E-state index in [1.165, 1.54) is 0 Å². The third kappa shape index (κ3) is 6.18. The quantitative estimate of drug-likeness (QED) is 0.253. The molecule has 2 aromatic rings. The Hall–Kier alpha value is -0.300. The fraction of sp³-hybridized carbons (Fsp3) is 0.350. The maximum absolute atomic E-state index is 13.0. The van der Waals surface area contributed by atoms with Gasteiger partial charge in [-0.15, -0.1) is 0 Å². The fourth-order valence-electron chi connectivity index (χ4n) is 3.08. The molecule has 0 bridgehead atoms. The first-order valence-corrected chi connectivity index (χ1v) is 11.8. The number of carbonyl (C=O) groups is 1. The number of carbonyl (C=O) groups excluding carboxylic acids is 1. The molecule has 3 rings (SSSR count). The summed E-state index contributed by atoms with van der Waals surface area (Å²) >= 11 is 42.8. The van der Waals surface area contributed by atoms with Crippen LogP contribution in [0, 0.1) is 0 Å². The zero-order valence-electron chi connectivity index (χ0n) is 15.9. The Morgan fingerprint density at radius 1 is 1.00 bits per heavy atom. The average Bonchev–Trinajstić information content (AvgIpc) is 3.25. The van der Waals surface area contributed by atoms with Crippen molar-refractivity contribution < 1.29 is 14.3 Å². The van der Waals surface area contributed by atoms with Crippen LogP contribution in [0.15, 0.2) is 18.2 Å². The molecule has 2 aromatic carbocycles. The van der Waals surface area contributed by atoms with Gasteiger partial charge in [-0.1, -0.05) is 87.3 Å². The van der Waals surface area contributed by atoms with Gasteiger partial charge in [-0.05, 0) is 30.5 Å². The van der Waals surface area contributed by atoms with E-state index in [0.29, 0.717) is 23.2 Å². The highest BCUT2D eigenvalue weighted by Gasteiger charge is 2.26. The number of benzene rings is 2. The van der Waals surface area contributed by atoms with Crippen LogP contribution in [0.3, 0.4) is 0 Å². The topological polar surface area (TPSA) is 38.8 Å². The molecule has 1 heterocycles. The first kappa shape index (κ1) is 25.3. The molecule has 1 aliphatic heterocycles. The van der Waals surface area contributed by atoms with Gasteiger partial charge in [0.2, 0.25) is 0 Å². The average molecular weight is 567 g/mol. The van der Waals surface area contributed by atoms with Crippen LogP contribution in [-0.4, -0.2) is 36.7 Å². The SMILES string of the molecule is O=C(COc1c(Cl)c(Cl)c(Cl)c(Cl)c1Cl)N(Cc1ccc(Cl)cc1Cl)CC1CCCO1. The number of hydrogen-bond donors (Lipinski definition) is 0. The van der Waals surface area contributed by atoms with Gasteiger partial charge in [-0.3, -0.25) is 4.79 Å². The van der Waals surface area contributed by atoms with E-state index in [4.69, 9.17) is 90.7 Å². The number of halogens is 7. The summed E-state index contributed by atoms with van der Waals surface area (Å²) < 4.78 is 11.3. The van der Waals surface area contributed by atoms with E-state index in [0.717, 1.165) is 18.4 Å². The minimum absolute atomic E-state index is 0.00870. The molecule has 0 N–H and O–H groups in total. The van der Waals surface area contributed by atoms with Crippen molar-refractivity contribution in [1.82, 2.24) is 4.90 Å². The molecule has 31 heavy (non-hydrogen) atoms. The van der Waals surface area contributed by atoms with Crippen LogP contribution < -0.4 is 4.74 Å². The van der Waals surface area contributed by atoms with Crippen LogP contribution in [0.25, 0.3) is 0 Å². The Kier molecular flexibility index (Phi) is 9.16. The lowest BCUT2D eigenvalue weighted by atomic mass is 10.1. The molecular formula is C20H16Cl7NO3. The van der Waals surface area contributed by atoms with Crippen molar-refractivity contribution in [1.29, 1.82) is 0 Å². The van der Waals surface area contributed by atoms with Gasteiger partial charge in [0, 0.05) is 29.7 Å². The lowest BCUT2D eigenvalue weighted by Crippen LogP contribution is -2.39. The Morgan fingerprint density at radius 2 is 1.65 bits per heavy atom. The summed E-state index contributed by atoms with van der Waals surface area (Å²) in [5.74, 6) is -0.339. The Labute approximate surface area is 215 Å². The minimum Gasteiger partial charge on any atom is -0.481 e. The summed E-state index contributed by atoms with van der Waals surface area (Å²) in [6, 6.07) is 5.11. The molecule has 0 saturated carbocycles. The molecular weight excluding hydrogens is 550 g/mol. The van der Waals surface area contributed by atoms with Gasteiger partial charge in [0.15, 0.2) is 12.4 Å². The Morgan fingerprint density at radius 3 is 2.23 bits per heavy atom. The number of amides is 1. The largest absolute Gasteiger partial charge is 0.481 e. The normalized spacial score (nSPS) is 15.9. The van der Waals surface area contributed by atoms with Crippen LogP contribution in [0.5, 0.6) is 5.75 Å². The van der Waals surface area contributed by atoms with Gasteiger partial charge in [0.1, 0.15) is 10.0 Å². The lowest BCUT2D eigenvalue weighted by molar-refractivity contribution is -0.135. The van der Waals surface area contributed by atoms with E-state index in [-0.39, 0.29) is 56.0 Å². The van der Waals surface area contributed by atoms with Crippen LogP contribution in [0.2, 0.25) is 35.2 Å². The summed E-state index contributed by atoms with van der Waals surface area (Å²) in [4.78, 5) is 14.6. The number of ether oxygens (including phenoxy) is 2. The van der Waals surface area contributed by atoms with E-state index >= 15 is 0 Å². The molecule has 1 unspecified atom stereocenters. The second-order valence-corrected chi connectivity index (χ2v) is 9.57. The molecule has 11 heteroatoms. The van der Waals surface area contributed by atoms with Crippen molar-refractivity contribution in [2.24, 2.45) is 0 Å².